The number of aromatic nitrogens is 1. The molecule has 0 fully saturated rings. The van der Waals surface area contributed by atoms with Crippen LogP contribution in [-0.4, -0.2) is 4.98 Å². The van der Waals surface area contributed by atoms with E-state index >= 15 is 0 Å². The minimum atomic E-state index is 0.630. The van der Waals surface area contributed by atoms with E-state index in [0.717, 1.165) is 21.6 Å². The molecule has 2 nitrogen and oxygen atoms in total. The van der Waals surface area contributed by atoms with E-state index in [1.165, 1.54) is 11.8 Å². The molecule has 3 rings (SSSR count). The Kier molecular flexibility index (Phi) is 2.90. The highest BCUT2D eigenvalue weighted by Crippen LogP contribution is 2.33. The summed E-state index contributed by atoms with van der Waals surface area (Å²) in [6.07, 6.45) is 0. The fourth-order valence-corrected chi connectivity index (χ4v) is 2.42. The van der Waals surface area contributed by atoms with Crippen molar-refractivity contribution in [3.63, 3.8) is 0 Å². The molecular weight excluding hydrogens is 242 g/mol. The van der Waals surface area contributed by atoms with E-state index in [9.17, 15) is 0 Å². The van der Waals surface area contributed by atoms with Crippen LogP contribution >= 0.6 is 11.8 Å². The lowest BCUT2D eigenvalue weighted by Gasteiger charge is -2.01. The van der Waals surface area contributed by atoms with Gasteiger partial charge in [0.2, 0.25) is 0 Å². The Balaban J connectivity index is 1.86. The van der Waals surface area contributed by atoms with Gasteiger partial charge in [-0.3, -0.25) is 0 Å². The van der Waals surface area contributed by atoms with Crippen LogP contribution in [-0.2, 0) is 0 Å². The lowest BCUT2D eigenvalue weighted by atomic mass is 10.2. The van der Waals surface area contributed by atoms with Gasteiger partial charge in [-0.15, -0.1) is 0 Å². The van der Waals surface area contributed by atoms with Crippen LogP contribution in [0, 0.1) is 0 Å². The molecule has 1 aromatic heterocycles. The molecule has 0 radical (unpaired) electrons. The number of hydrogen-bond donors (Lipinski definition) is 0. The molecular formula is C15H11NOS. The first-order chi connectivity index (χ1) is 8.83. The second kappa shape index (κ2) is 4.70. The summed E-state index contributed by atoms with van der Waals surface area (Å²) >= 11 is 1.45. The molecule has 0 unspecified atom stereocenters. The highest BCUT2D eigenvalue weighted by Gasteiger charge is 2.08. The molecule has 0 saturated carbocycles. The summed E-state index contributed by atoms with van der Waals surface area (Å²) in [7, 11) is 0. The molecule has 0 aliphatic carbocycles. The molecule has 88 valence electrons. The average molecular weight is 253 g/mol. The van der Waals surface area contributed by atoms with Crippen molar-refractivity contribution in [1.82, 2.24) is 4.98 Å². The van der Waals surface area contributed by atoms with Crippen molar-refractivity contribution in [2.24, 2.45) is 0 Å². The van der Waals surface area contributed by atoms with Gasteiger partial charge in [0.25, 0.3) is 5.22 Å². The van der Waals surface area contributed by atoms with Gasteiger partial charge in [-0.05, 0) is 29.5 Å². The second-order valence-electron chi connectivity index (χ2n) is 3.84. The zero-order chi connectivity index (χ0) is 12.4. The quantitative estimate of drug-likeness (QED) is 0.638. The highest BCUT2D eigenvalue weighted by molar-refractivity contribution is 8.08. The molecule has 0 bridgehead atoms. The summed E-state index contributed by atoms with van der Waals surface area (Å²) in [6.45, 7) is 4.05. The molecule has 18 heavy (non-hydrogen) atoms. The van der Waals surface area contributed by atoms with Crippen LogP contribution in [0.3, 0.4) is 0 Å². The van der Waals surface area contributed by atoms with Gasteiger partial charge in [-0.2, -0.15) is 0 Å². The van der Waals surface area contributed by atoms with Crippen molar-refractivity contribution in [3.8, 4) is 0 Å². The first-order valence-corrected chi connectivity index (χ1v) is 6.42. The summed E-state index contributed by atoms with van der Waals surface area (Å²) in [5.74, 6) is 0. The third-order valence-corrected chi connectivity index (χ3v) is 3.41. The third-order valence-electron chi connectivity index (χ3n) is 2.58. The molecule has 3 heteroatoms. The molecule has 0 atom stereocenters. The predicted octanol–water partition coefficient (Wildman–Crippen LogP) is 4.59. The number of para-hydroxylation sites is 2. The molecule has 0 amide bonds. The Morgan fingerprint density at radius 2 is 1.72 bits per heavy atom. The zero-order valence-electron chi connectivity index (χ0n) is 9.67. The topological polar surface area (TPSA) is 26.0 Å². The SMILES string of the molecule is C=C(Sc1nc2ccccc2o1)c1ccccc1. The average Bonchev–Trinajstić information content (AvgIpc) is 2.82. The van der Waals surface area contributed by atoms with Crippen LogP contribution < -0.4 is 0 Å². The summed E-state index contributed by atoms with van der Waals surface area (Å²) in [5, 5.41) is 0.630. The fraction of sp³-hybridized carbons (Fsp3) is 0. The summed E-state index contributed by atoms with van der Waals surface area (Å²) < 4.78 is 5.65. The maximum Gasteiger partial charge on any atom is 0.261 e. The lowest BCUT2D eigenvalue weighted by Crippen LogP contribution is -1.77. The third kappa shape index (κ3) is 2.17. The van der Waals surface area contributed by atoms with Crippen molar-refractivity contribution in [3.05, 3.63) is 66.7 Å². The molecule has 0 spiro atoms. The Bertz CT molecular complexity index is 655. The number of fused-ring (bicyclic) bond motifs is 1. The van der Waals surface area contributed by atoms with Crippen LogP contribution in [0.5, 0.6) is 0 Å². The van der Waals surface area contributed by atoms with Gasteiger partial charge in [0.05, 0.1) is 0 Å². The normalized spacial score (nSPS) is 10.7. The monoisotopic (exact) mass is 253 g/mol. The number of oxazole rings is 1. The number of benzene rings is 2. The van der Waals surface area contributed by atoms with Crippen LogP contribution in [0.2, 0.25) is 0 Å². The van der Waals surface area contributed by atoms with E-state index in [4.69, 9.17) is 4.42 Å². The first-order valence-electron chi connectivity index (χ1n) is 5.61. The maximum absolute atomic E-state index is 5.65. The molecule has 0 aliphatic rings. The Labute approximate surface area is 109 Å². The second-order valence-corrected chi connectivity index (χ2v) is 4.88. The molecule has 3 aromatic rings. The predicted molar refractivity (Wildman–Crippen MR) is 75.3 cm³/mol. The Hall–Kier alpha value is -2.00. The van der Waals surface area contributed by atoms with E-state index in [-0.39, 0.29) is 0 Å². The van der Waals surface area contributed by atoms with Crippen LogP contribution in [0.25, 0.3) is 16.0 Å². The van der Waals surface area contributed by atoms with Gasteiger partial charge in [-0.1, -0.05) is 49.0 Å². The standard InChI is InChI=1S/C15H11NOS/c1-11(12-7-3-2-4-8-12)18-15-16-13-9-5-6-10-14(13)17-15/h2-10H,1H2. The Morgan fingerprint density at radius 3 is 2.50 bits per heavy atom. The summed E-state index contributed by atoms with van der Waals surface area (Å²) in [6, 6.07) is 17.8. The van der Waals surface area contributed by atoms with Crippen LogP contribution in [0.15, 0.2) is 70.8 Å². The minimum Gasteiger partial charge on any atom is -0.431 e. The van der Waals surface area contributed by atoms with E-state index in [2.05, 4.69) is 11.6 Å². The van der Waals surface area contributed by atoms with E-state index in [0.29, 0.717) is 5.22 Å². The maximum atomic E-state index is 5.65. The number of thioether (sulfide) groups is 1. The van der Waals surface area contributed by atoms with Crippen molar-refractivity contribution in [1.29, 1.82) is 0 Å². The first kappa shape index (κ1) is 11.1. The Morgan fingerprint density at radius 1 is 1.00 bits per heavy atom. The van der Waals surface area contributed by atoms with Crippen LogP contribution in [0.1, 0.15) is 5.56 Å². The zero-order valence-corrected chi connectivity index (χ0v) is 10.5. The molecule has 0 aliphatic heterocycles. The molecule has 2 aromatic carbocycles. The van der Waals surface area contributed by atoms with Gasteiger partial charge in [0, 0.05) is 4.91 Å². The molecule has 1 heterocycles. The molecule has 0 N–H and O–H groups in total. The van der Waals surface area contributed by atoms with Crippen molar-refractivity contribution in [2.75, 3.05) is 0 Å². The number of rotatable bonds is 3. The fourth-order valence-electron chi connectivity index (χ4n) is 1.68. The number of hydrogen-bond acceptors (Lipinski definition) is 3. The van der Waals surface area contributed by atoms with Gasteiger partial charge >= 0.3 is 0 Å². The lowest BCUT2D eigenvalue weighted by molar-refractivity contribution is 0.491. The van der Waals surface area contributed by atoms with Gasteiger partial charge in [0.15, 0.2) is 5.58 Å². The van der Waals surface area contributed by atoms with Crippen LogP contribution in [0.4, 0.5) is 0 Å². The van der Waals surface area contributed by atoms with Crippen molar-refractivity contribution >= 4 is 27.8 Å². The smallest absolute Gasteiger partial charge is 0.261 e. The number of nitrogens with zero attached hydrogens (tertiary/aromatic N) is 1. The van der Waals surface area contributed by atoms with E-state index in [1.807, 2.05) is 54.6 Å². The van der Waals surface area contributed by atoms with Crippen molar-refractivity contribution in [2.45, 2.75) is 5.22 Å². The van der Waals surface area contributed by atoms with Crippen molar-refractivity contribution < 1.29 is 4.42 Å². The minimum absolute atomic E-state index is 0.630. The van der Waals surface area contributed by atoms with Gasteiger partial charge in [0.1, 0.15) is 5.52 Å². The van der Waals surface area contributed by atoms with Gasteiger partial charge < -0.3 is 4.42 Å². The largest absolute Gasteiger partial charge is 0.431 e. The van der Waals surface area contributed by atoms with E-state index in [1.54, 1.807) is 0 Å². The molecule has 0 saturated heterocycles. The summed E-state index contributed by atoms with van der Waals surface area (Å²) in [4.78, 5) is 5.35. The highest BCUT2D eigenvalue weighted by atomic mass is 32.2. The summed E-state index contributed by atoms with van der Waals surface area (Å²) in [5.41, 5.74) is 2.77. The van der Waals surface area contributed by atoms with Gasteiger partial charge in [-0.25, -0.2) is 4.98 Å². The van der Waals surface area contributed by atoms with E-state index < -0.39 is 0 Å².